The van der Waals surface area contributed by atoms with Gasteiger partial charge in [-0.05, 0) is 49.8 Å². The van der Waals surface area contributed by atoms with E-state index in [-0.39, 0.29) is 12.2 Å². The minimum Gasteiger partial charge on any atom is -0.351 e. The van der Waals surface area contributed by atoms with Crippen LogP contribution in [0.1, 0.15) is 60.2 Å². The molecule has 1 aliphatic carbocycles. The number of nitrogens with zero attached hydrogens (tertiary/aromatic N) is 6. The van der Waals surface area contributed by atoms with Crippen molar-refractivity contribution in [3.63, 3.8) is 0 Å². The zero-order chi connectivity index (χ0) is 24.3. The van der Waals surface area contributed by atoms with Crippen LogP contribution in [0.3, 0.4) is 0 Å². The zero-order valence-corrected chi connectivity index (χ0v) is 19.2. The average Bonchev–Trinajstić information content (AvgIpc) is 3.55. The summed E-state index contributed by atoms with van der Waals surface area (Å²) < 4.78 is 57.0. The Morgan fingerprint density at radius 1 is 1.15 bits per heavy atom. The lowest BCUT2D eigenvalue weighted by Gasteiger charge is -2.16. The number of aromatic nitrogens is 6. The lowest BCUT2D eigenvalue weighted by Crippen LogP contribution is -2.28. The van der Waals surface area contributed by atoms with Crippen molar-refractivity contribution in [1.29, 1.82) is 0 Å². The number of hydrogen-bond donors (Lipinski definition) is 1. The quantitative estimate of drug-likeness (QED) is 0.285. The first-order chi connectivity index (χ1) is 16.3. The molecule has 13 heteroatoms. The van der Waals surface area contributed by atoms with Gasteiger partial charge in [0, 0.05) is 19.0 Å². The summed E-state index contributed by atoms with van der Waals surface area (Å²) in [7, 11) is 0. The van der Waals surface area contributed by atoms with Gasteiger partial charge in [0.25, 0.3) is 5.91 Å². The number of hydrogen-bond acceptors (Lipinski definition) is 6. The molecule has 1 fully saturated rings. The molecule has 0 aliphatic heterocycles. The first-order valence-electron chi connectivity index (χ1n) is 10.8. The molecule has 1 amide bonds. The van der Waals surface area contributed by atoms with Gasteiger partial charge in [-0.3, -0.25) is 4.79 Å². The monoisotopic (exact) mass is 497 g/mol. The molecule has 182 valence electrons. The molecular weight excluding hydrogens is 474 g/mol. The molecule has 2 aromatic heterocycles. The number of carbonyl (C=O) groups is 1. The predicted octanol–water partition coefficient (Wildman–Crippen LogP) is 4.22. The number of halogens is 4. The molecule has 8 nitrogen and oxygen atoms in total. The molecule has 3 aromatic rings. The van der Waals surface area contributed by atoms with Crippen LogP contribution in [0.5, 0.6) is 0 Å². The number of carbonyl (C=O) groups excluding carboxylic acids is 1. The van der Waals surface area contributed by atoms with E-state index < -0.39 is 29.3 Å². The number of nitrogens with one attached hydrogen (secondary N) is 1. The van der Waals surface area contributed by atoms with Crippen LogP contribution in [0.25, 0.3) is 5.69 Å². The van der Waals surface area contributed by atoms with Crippen molar-refractivity contribution in [2.75, 3.05) is 12.8 Å². The number of rotatable bonds is 8. The summed E-state index contributed by atoms with van der Waals surface area (Å²) in [6.45, 7) is 0.131. The highest BCUT2D eigenvalue weighted by atomic mass is 32.2. The Morgan fingerprint density at radius 2 is 1.85 bits per heavy atom. The van der Waals surface area contributed by atoms with E-state index in [2.05, 4.69) is 30.4 Å². The lowest BCUT2D eigenvalue weighted by molar-refractivity contribution is -0.143. The van der Waals surface area contributed by atoms with E-state index in [1.54, 1.807) is 0 Å². The SMILES string of the molecule is CSc1nnc(CCCNC(=O)c2nnn(-c3ccc(F)cc3)c2C(F)(F)F)n1C1CCCC1. The van der Waals surface area contributed by atoms with Crippen LogP contribution < -0.4 is 5.32 Å². The largest absolute Gasteiger partial charge is 0.435 e. The highest BCUT2D eigenvalue weighted by Crippen LogP contribution is 2.34. The fourth-order valence-corrected chi connectivity index (χ4v) is 4.70. The average molecular weight is 498 g/mol. The molecule has 0 atom stereocenters. The first kappa shape index (κ1) is 24.2. The third-order valence-electron chi connectivity index (χ3n) is 5.70. The summed E-state index contributed by atoms with van der Waals surface area (Å²) in [5.74, 6) is -0.782. The molecule has 1 N–H and O–H groups in total. The van der Waals surface area contributed by atoms with Gasteiger partial charge in [-0.15, -0.1) is 15.3 Å². The molecule has 4 rings (SSSR count). The minimum atomic E-state index is -4.89. The smallest absolute Gasteiger partial charge is 0.351 e. The number of aryl methyl sites for hydroxylation is 1. The Morgan fingerprint density at radius 3 is 2.50 bits per heavy atom. The summed E-state index contributed by atoms with van der Waals surface area (Å²) in [5.41, 5.74) is -2.21. The topological polar surface area (TPSA) is 90.5 Å². The van der Waals surface area contributed by atoms with E-state index in [1.807, 2.05) is 6.26 Å². The van der Waals surface area contributed by atoms with Crippen molar-refractivity contribution in [1.82, 2.24) is 35.1 Å². The van der Waals surface area contributed by atoms with E-state index in [9.17, 15) is 22.4 Å². The highest BCUT2D eigenvalue weighted by Gasteiger charge is 2.42. The molecular formula is C21H23F4N7OS. The van der Waals surface area contributed by atoms with Crippen LogP contribution in [0.15, 0.2) is 29.4 Å². The third kappa shape index (κ3) is 5.08. The van der Waals surface area contributed by atoms with E-state index in [0.29, 0.717) is 23.6 Å². The van der Waals surface area contributed by atoms with Crippen molar-refractivity contribution in [3.05, 3.63) is 47.3 Å². The number of thioether (sulfide) groups is 1. The minimum absolute atomic E-state index is 0.0591. The molecule has 0 unspecified atom stereocenters. The fourth-order valence-electron chi connectivity index (χ4n) is 4.13. The second kappa shape index (κ2) is 10.1. The van der Waals surface area contributed by atoms with Crippen LogP contribution in [0, 0.1) is 5.82 Å². The third-order valence-corrected chi connectivity index (χ3v) is 6.34. The number of benzene rings is 1. The van der Waals surface area contributed by atoms with E-state index in [0.717, 1.165) is 60.9 Å². The molecule has 0 radical (unpaired) electrons. The number of alkyl halides is 3. The van der Waals surface area contributed by atoms with E-state index >= 15 is 0 Å². The van der Waals surface area contributed by atoms with Gasteiger partial charge >= 0.3 is 6.18 Å². The second-order valence-electron chi connectivity index (χ2n) is 7.94. The van der Waals surface area contributed by atoms with Gasteiger partial charge in [0.05, 0.1) is 5.69 Å². The van der Waals surface area contributed by atoms with Crippen LogP contribution in [-0.2, 0) is 12.6 Å². The van der Waals surface area contributed by atoms with Crippen molar-refractivity contribution in [2.45, 2.75) is 55.9 Å². The molecule has 1 saturated carbocycles. The number of amides is 1. The maximum atomic E-state index is 13.7. The summed E-state index contributed by atoms with van der Waals surface area (Å²) in [5, 5.41) is 18.8. The molecule has 34 heavy (non-hydrogen) atoms. The molecule has 1 aromatic carbocycles. The van der Waals surface area contributed by atoms with Gasteiger partial charge in [-0.25, -0.2) is 9.07 Å². The maximum absolute atomic E-state index is 13.7. The van der Waals surface area contributed by atoms with Crippen LogP contribution >= 0.6 is 11.8 Å². The summed E-state index contributed by atoms with van der Waals surface area (Å²) in [6.07, 6.45) is 2.50. The van der Waals surface area contributed by atoms with Crippen molar-refractivity contribution < 1.29 is 22.4 Å². The Balaban J connectivity index is 1.43. The second-order valence-corrected chi connectivity index (χ2v) is 8.72. The van der Waals surface area contributed by atoms with Gasteiger partial charge in [-0.1, -0.05) is 29.8 Å². The van der Waals surface area contributed by atoms with Gasteiger partial charge < -0.3 is 9.88 Å². The molecule has 1 aliphatic rings. The zero-order valence-electron chi connectivity index (χ0n) is 18.3. The van der Waals surface area contributed by atoms with Crippen molar-refractivity contribution >= 4 is 17.7 Å². The van der Waals surface area contributed by atoms with Crippen LogP contribution in [-0.4, -0.2) is 48.5 Å². The van der Waals surface area contributed by atoms with E-state index in [4.69, 9.17) is 0 Å². The van der Waals surface area contributed by atoms with Crippen LogP contribution in [0.2, 0.25) is 0 Å². The molecule has 0 bridgehead atoms. The molecule has 0 spiro atoms. The van der Waals surface area contributed by atoms with Gasteiger partial charge in [-0.2, -0.15) is 13.2 Å². The van der Waals surface area contributed by atoms with Gasteiger partial charge in [0.1, 0.15) is 11.6 Å². The van der Waals surface area contributed by atoms with Gasteiger partial charge in [0.15, 0.2) is 16.5 Å². The lowest BCUT2D eigenvalue weighted by atomic mass is 10.2. The Hall–Kier alpha value is -2.96. The Kier molecular flexibility index (Phi) is 7.19. The molecule has 2 heterocycles. The van der Waals surface area contributed by atoms with Gasteiger partial charge in [0.2, 0.25) is 0 Å². The predicted molar refractivity (Wildman–Crippen MR) is 116 cm³/mol. The summed E-state index contributed by atoms with van der Waals surface area (Å²) in [4.78, 5) is 12.5. The summed E-state index contributed by atoms with van der Waals surface area (Å²) in [6, 6.07) is 4.62. The van der Waals surface area contributed by atoms with Crippen LogP contribution in [0.4, 0.5) is 17.6 Å². The van der Waals surface area contributed by atoms with Crippen molar-refractivity contribution in [3.8, 4) is 5.69 Å². The molecule has 0 saturated heterocycles. The Bertz CT molecular complexity index is 1140. The fraction of sp³-hybridized carbons (Fsp3) is 0.476. The Labute approximate surface area is 197 Å². The standard InChI is InChI=1S/C21H23F4N7OS/c1-34-20-29-27-16(31(20)14-5-2-3-6-14)7-4-12-26-19(33)17-18(21(23,24)25)32(30-28-17)15-10-8-13(22)9-11-15/h8-11,14H,2-7,12H2,1H3,(H,26,33). The van der Waals surface area contributed by atoms with E-state index in [1.165, 1.54) is 11.8 Å². The normalized spacial score (nSPS) is 14.6. The summed E-state index contributed by atoms with van der Waals surface area (Å²) >= 11 is 1.52. The maximum Gasteiger partial charge on any atom is 0.435 e. The van der Waals surface area contributed by atoms with Crippen molar-refractivity contribution in [2.24, 2.45) is 0 Å². The first-order valence-corrected chi connectivity index (χ1v) is 12.1. The highest BCUT2D eigenvalue weighted by molar-refractivity contribution is 7.98.